The van der Waals surface area contributed by atoms with Crippen LogP contribution in [-0.2, 0) is 0 Å². The molecule has 0 spiro atoms. The molecule has 1 heterocycles. The summed E-state index contributed by atoms with van der Waals surface area (Å²) in [7, 11) is 3.16. The van der Waals surface area contributed by atoms with Crippen molar-refractivity contribution in [1.29, 1.82) is 0 Å². The van der Waals surface area contributed by atoms with Crippen LogP contribution in [0.2, 0.25) is 5.02 Å². The number of benzene rings is 1. The number of hydrogen-bond donors (Lipinski definition) is 2. The van der Waals surface area contributed by atoms with Gasteiger partial charge in [0.2, 0.25) is 0 Å². The summed E-state index contributed by atoms with van der Waals surface area (Å²) in [6.45, 7) is 1.88. The predicted octanol–water partition coefficient (Wildman–Crippen LogP) is 2.64. The Hall–Kier alpha value is -1.88. The molecule has 0 aliphatic rings. The molecule has 0 saturated carbocycles. The minimum absolute atomic E-state index is 0.467. The molecule has 6 heteroatoms. The van der Waals surface area contributed by atoms with Gasteiger partial charge in [0.25, 0.3) is 0 Å². The molecule has 96 valence electrons. The van der Waals surface area contributed by atoms with Crippen LogP contribution in [0.4, 0.5) is 5.82 Å². The number of H-pyrrole nitrogens is 1. The number of hydrogen-bond acceptors (Lipinski definition) is 4. The first-order valence-electron chi connectivity index (χ1n) is 5.30. The van der Waals surface area contributed by atoms with Crippen LogP contribution in [0.1, 0.15) is 5.56 Å². The number of aromatic amines is 1. The van der Waals surface area contributed by atoms with Crippen molar-refractivity contribution in [3.8, 4) is 22.6 Å². The van der Waals surface area contributed by atoms with Gasteiger partial charge in [0.1, 0.15) is 17.3 Å². The van der Waals surface area contributed by atoms with Crippen molar-refractivity contribution < 1.29 is 9.47 Å². The minimum Gasteiger partial charge on any atom is -0.496 e. The normalized spacial score (nSPS) is 10.4. The second-order valence-corrected chi connectivity index (χ2v) is 4.20. The average molecular weight is 268 g/mol. The number of rotatable bonds is 3. The Morgan fingerprint density at radius 3 is 2.39 bits per heavy atom. The van der Waals surface area contributed by atoms with Gasteiger partial charge in [-0.3, -0.25) is 5.10 Å². The van der Waals surface area contributed by atoms with E-state index in [0.29, 0.717) is 22.3 Å². The number of anilines is 1. The third-order valence-electron chi connectivity index (χ3n) is 2.78. The van der Waals surface area contributed by atoms with E-state index in [1.165, 1.54) is 0 Å². The van der Waals surface area contributed by atoms with Crippen LogP contribution in [0, 0.1) is 6.92 Å². The zero-order valence-corrected chi connectivity index (χ0v) is 11.1. The van der Waals surface area contributed by atoms with Gasteiger partial charge in [-0.05, 0) is 13.0 Å². The Balaban J connectivity index is 2.72. The fourth-order valence-corrected chi connectivity index (χ4v) is 2.29. The average Bonchev–Trinajstić information content (AvgIpc) is 2.75. The summed E-state index contributed by atoms with van der Waals surface area (Å²) in [6, 6.07) is 1.76. The fraction of sp³-hybridized carbons (Fsp3) is 0.250. The van der Waals surface area contributed by atoms with E-state index in [0.717, 1.165) is 16.7 Å². The first kappa shape index (κ1) is 12.6. The second kappa shape index (κ2) is 4.78. The van der Waals surface area contributed by atoms with Gasteiger partial charge in [-0.2, -0.15) is 5.10 Å². The summed E-state index contributed by atoms with van der Waals surface area (Å²) in [4.78, 5) is 0. The molecule has 1 aromatic carbocycles. The molecule has 5 nitrogen and oxygen atoms in total. The maximum Gasteiger partial charge on any atom is 0.144 e. The third kappa shape index (κ3) is 1.86. The van der Waals surface area contributed by atoms with Crippen molar-refractivity contribution >= 4 is 17.4 Å². The molecule has 0 aliphatic carbocycles. The number of nitrogens with one attached hydrogen (secondary N) is 1. The van der Waals surface area contributed by atoms with E-state index in [-0.39, 0.29) is 0 Å². The summed E-state index contributed by atoms with van der Waals surface area (Å²) >= 11 is 6.18. The quantitative estimate of drug-likeness (QED) is 0.897. The third-order valence-corrected chi connectivity index (χ3v) is 3.06. The topological polar surface area (TPSA) is 73.2 Å². The molecule has 2 aromatic rings. The molecular formula is C12H14ClN3O2. The predicted molar refractivity (Wildman–Crippen MR) is 71.3 cm³/mol. The highest BCUT2D eigenvalue weighted by atomic mass is 35.5. The Labute approximate surface area is 110 Å². The highest BCUT2D eigenvalue weighted by Gasteiger charge is 2.18. The van der Waals surface area contributed by atoms with Gasteiger partial charge >= 0.3 is 0 Å². The molecule has 2 rings (SSSR count). The van der Waals surface area contributed by atoms with E-state index >= 15 is 0 Å². The standard InChI is InChI=1S/C12H14ClN3O2/c1-6-10(17-2)7(4-9(13)11(6)18-3)8-5-15-16-12(8)14/h4-5H,1-3H3,(H3,14,15,16). The lowest BCUT2D eigenvalue weighted by molar-refractivity contribution is 0.390. The van der Waals surface area contributed by atoms with Gasteiger partial charge in [-0.1, -0.05) is 11.6 Å². The molecule has 0 unspecified atom stereocenters. The molecule has 0 amide bonds. The number of nitrogens with two attached hydrogens (primary N) is 1. The van der Waals surface area contributed by atoms with Crippen LogP contribution in [0.5, 0.6) is 11.5 Å². The number of nitrogens with zero attached hydrogens (tertiary/aromatic N) is 1. The number of nitrogen functional groups attached to an aromatic ring is 1. The summed E-state index contributed by atoms with van der Waals surface area (Å²) in [5, 5.41) is 7.09. The van der Waals surface area contributed by atoms with Gasteiger partial charge in [0, 0.05) is 16.7 Å². The highest BCUT2D eigenvalue weighted by Crippen LogP contribution is 2.43. The Morgan fingerprint density at radius 1 is 1.22 bits per heavy atom. The lowest BCUT2D eigenvalue weighted by atomic mass is 10.0. The van der Waals surface area contributed by atoms with Crippen molar-refractivity contribution in [2.75, 3.05) is 20.0 Å². The van der Waals surface area contributed by atoms with E-state index in [1.54, 1.807) is 26.5 Å². The molecule has 0 saturated heterocycles. The van der Waals surface area contributed by atoms with Gasteiger partial charge in [0.05, 0.1) is 25.4 Å². The Morgan fingerprint density at radius 2 is 1.89 bits per heavy atom. The van der Waals surface area contributed by atoms with E-state index in [9.17, 15) is 0 Å². The molecule has 3 N–H and O–H groups in total. The van der Waals surface area contributed by atoms with Crippen molar-refractivity contribution in [3.05, 3.63) is 22.8 Å². The smallest absolute Gasteiger partial charge is 0.144 e. The first-order valence-corrected chi connectivity index (χ1v) is 5.68. The van der Waals surface area contributed by atoms with E-state index in [4.69, 9.17) is 26.8 Å². The van der Waals surface area contributed by atoms with Crippen LogP contribution in [0.15, 0.2) is 12.3 Å². The molecule has 0 aliphatic heterocycles. The summed E-state index contributed by atoms with van der Waals surface area (Å²) in [5.41, 5.74) is 8.18. The monoisotopic (exact) mass is 267 g/mol. The van der Waals surface area contributed by atoms with E-state index < -0.39 is 0 Å². The van der Waals surface area contributed by atoms with E-state index in [2.05, 4.69) is 10.2 Å². The molecule has 0 radical (unpaired) electrons. The molecular weight excluding hydrogens is 254 g/mol. The Kier molecular flexibility index (Phi) is 3.34. The maximum atomic E-state index is 6.18. The summed E-state index contributed by atoms with van der Waals surface area (Å²) in [6.07, 6.45) is 1.63. The summed E-state index contributed by atoms with van der Waals surface area (Å²) in [5.74, 6) is 1.73. The van der Waals surface area contributed by atoms with Crippen LogP contribution < -0.4 is 15.2 Å². The number of aromatic nitrogens is 2. The SMILES string of the molecule is COc1c(Cl)cc(-c2cn[nH]c2N)c(OC)c1C. The maximum absolute atomic E-state index is 6.18. The molecule has 0 fully saturated rings. The van der Waals surface area contributed by atoms with Crippen molar-refractivity contribution in [2.24, 2.45) is 0 Å². The van der Waals surface area contributed by atoms with Crippen molar-refractivity contribution in [2.45, 2.75) is 6.92 Å². The lowest BCUT2D eigenvalue weighted by Crippen LogP contribution is -1.97. The van der Waals surface area contributed by atoms with Crippen molar-refractivity contribution in [1.82, 2.24) is 10.2 Å². The van der Waals surface area contributed by atoms with Gasteiger partial charge in [-0.25, -0.2) is 0 Å². The molecule has 1 aromatic heterocycles. The largest absolute Gasteiger partial charge is 0.496 e. The Bertz CT molecular complexity index is 581. The molecule has 0 atom stereocenters. The number of halogens is 1. The fourth-order valence-electron chi connectivity index (χ4n) is 1.97. The van der Waals surface area contributed by atoms with E-state index in [1.807, 2.05) is 6.92 Å². The number of ether oxygens (including phenoxy) is 2. The molecule has 18 heavy (non-hydrogen) atoms. The van der Waals surface area contributed by atoms with Crippen molar-refractivity contribution in [3.63, 3.8) is 0 Å². The highest BCUT2D eigenvalue weighted by molar-refractivity contribution is 6.32. The minimum atomic E-state index is 0.467. The first-order chi connectivity index (χ1) is 8.60. The van der Waals surface area contributed by atoms with Crippen LogP contribution >= 0.6 is 11.6 Å². The van der Waals surface area contributed by atoms with Crippen LogP contribution in [0.25, 0.3) is 11.1 Å². The lowest BCUT2D eigenvalue weighted by Gasteiger charge is -2.15. The van der Waals surface area contributed by atoms with Gasteiger partial charge < -0.3 is 15.2 Å². The molecule has 0 bridgehead atoms. The zero-order chi connectivity index (χ0) is 13.3. The van der Waals surface area contributed by atoms with Crippen LogP contribution in [0.3, 0.4) is 0 Å². The summed E-state index contributed by atoms with van der Waals surface area (Å²) < 4.78 is 10.7. The van der Waals surface area contributed by atoms with Gasteiger partial charge in [-0.15, -0.1) is 0 Å². The van der Waals surface area contributed by atoms with Crippen LogP contribution in [-0.4, -0.2) is 24.4 Å². The van der Waals surface area contributed by atoms with Gasteiger partial charge in [0.15, 0.2) is 0 Å². The second-order valence-electron chi connectivity index (χ2n) is 3.79. The zero-order valence-electron chi connectivity index (χ0n) is 10.4. The number of methoxy groups -OCH3 is 2.